The van der Waals surface area contributed by atoms with Gasteiger partial charge in [-0.25, -0.2) is 4.98 Å². The molecule has 5 heteroatoms. The molecule has 0 atom stereocenters. The first-order valence-corrected chi connectivity index (χ1v) is 6.55. The second kappa shape index (κ2) is 5.17. The number of pyridine rings is 1. The van der Waals surface area contributed by atoms with Gasteiger partial charge in [0.15, 0.2) is 5.82 Å². The van der Waals surface area contributed by atoms with Crippen LogP contribution in [0.1, 0.15) is 16.8 Å². The minimum Gasteiger partial charge on any atom is -0.283 e. The normalized spacial score (nSPS) is 11.1. The minimum absolute atomic E-state index is 0.503. The summed E-state index contributed by atoms with van der Waals surface area (Å²) in [6, 6.07) is 13.2. The minimum atomic E-state index is 0.503. The van der Waals surface area contributed by atoms with Crippen LogP contribution in [-0.4, -0.2) is 9.38 Å². The zero-order chi connectivity index (χ0) is 14.8. The largest absolute Gasteiger partial charge is 0.283 e. The molecule has 2 heterocycles. The lowest BCUT2D eigenvalue weighted by molar-refractivity contribution is 1.09. The fraction of sp³-hybridized carbons (Fsp3) is 0.125. The zero-order valence-corrected chi connectivity index (χ0v) is 11.8. The molecule has 0 amide bonds. The SMILES string of the molecule is Cc1ccn2c(N=Nc3ccccc3C#N)c(C)nc2c1. The van der Waals surface area contributed by atoms with Gasteiger partial charge in [0.2, 0.25) is 0 Å². The van der Waals surface area contributed by atoms with Crippen LogP contribution in [-0.2, 0) is 0 Å². The highest BCUT2D eigenvalue weighted by Crippen LogP contribution is 2.25. The number of hydrogen-bond donors (Lipinski definition) is 0. The second-order valence-electron chi connectivity index (χ2n) is 4.78. The van der Waals surface area contributed by atoms with Crippen LogP contribution in [0, 0.1) is 25.2 Å². The lowest BCUT2D eigenvalue weighted by Crippen LogP contribution is -1.84. The van der Waals surface area contributed by atoms with Gasteiger partial charge in [-0.3, -0.25) is 4.40 Å². The number of benzene rings is 1. The number of nitriles is 1. The van der Waals surface area contributed by atoms with E-state index in [2.05, 4.69) is 21.3 Å². The van der Waals surface area contributed by atoms with Gasteiger partial charge in [0.05, 0.1) is 11.3 Å². The van der Waals surface area contributed by atoms with Gasteiger partial charge >= 0.3 is 0 Å². The van der Waals surface area contributed by atoms with Gasteiger partial charge in [0, 0.05) is 6.20 Å². The molecular weight excluding hydrogens is 262 g/mol. The van der Waals surface area contributed by atoms with Crippen molar-refractivity contribution < 1.29 is 0 Å². The Morgan fingerprint density at radius 3 is 2.76 bits per heavy atom. The predicted molar refractivity (Wildman–Crippen MR) is 80.0 cm³/mol. The monoisotopic (exact) mass is 275 g/mol. The summed E-state index contributed by atoms with van der Waals surface area (Å²) in [5.74, 6) is 0.678. The van der Waals surface area contributed by atoms with Gasteiger partial charge in [-0.05, 0) is 43.7 Å². The molecule has 0 saturated heterocycles. The second-order valence-corrected chi connectivity index (χ2v) is 4.78. The summed E-state index contributed by atoms with van der Waals surface area (Å²) in [7, 11) is 0. The Morgan fingerprint density at radius 1 is 1.14 bits per heavy atom. The molecular formula is C16H13N5. The van der Waals surface area contributed by atoms with E-state index in [0.29, 0.717) is 17.1 Å². The number of azo groups is 1. The topological polar surface area (TPSA) is 65.8 Å². The van der Waals surface area contributed by atoms with Crippen LogP contribution in [0.25, 0.3) is 5.65 Å². The molecule has 0 N–H and O–H groups in total. The maximum Gasteiger partial charge on any atom is 0.182 e. The van der Waals surface area contributed by atoms with Gasteiger partial charge in [-0.2, -0.15) is 5.26 Å². The quantitative estimate of drug-likeness (QED) is 0.656. The number of nitrogens with zero attached hydrogens (tertiary/aromatic N) is 5. The van der Waals surface area contributed by atoms with Gasteiger partial charge < -0.3 is 0 Å². The maximum atomic E-state index is 9.06. The average Bonchev–Trinajstić information content (AvgIpc) is 2.80. The molecule has 0 aliphatic heterocycles. The highest BCUT2D eigenvalue weighted by atomic mass is 15.2. The molecule has 102 valence electrons. The van der Waals surface area contributed by atoms with Crippen molar-refractivity contribution in [1.29, 1.82) is 5.26 Å². The highest BCUT2D eigenvalue weighted by molar-refractivity contribution is 5.55. The molecule has 0 unspecified atom stereocenters. The predicted octanol–water partition coefficient (Wildman–Crippen LogP) is 4.24. The molecule has 0 bridgehead atoms. The van der Waals surface area contributed by atoms with E-state index in [-0.39, 0.29) is 0 Å². The van der Waals surface area contributed by atoms with Crippen LogP contribution in [0.2, 0.25) is 0 Å². The highest BCUT2D eigenvalue weighted by Gasteiger charge is 2.08. The molecule has 3 rings (SSSR count). The van der Waals surface area contributed by atoms with Gasteiger partial charge in [0.1, 0.15) is 17.4 Å². The number of aryl methyl sites for hydroxylation is 2. The van der Waals surface area contributed by atoms with E-state index >= 15 is 0 Å². The van der Waals surface area contributed by atoms with E-state index < -0.39 is 0 Å². The van der Waals surface area contributed by atoms with Crippen molar-refractivity contribution in [2.45, 2.75) is 13.8 Å². The van der Waals surface area contributed by atoms with E-state index in [9.17, 15) is 0 Å². The molecule has 5 nitrogen and oxygen atoms in total. The summed E-state index contributed by atoms with van der Waals surface area (Å²) in [5.41, 5.74) is 3.85. The van der Waals surface area contributed by atoms with Crippen LogP contribution in [0.5, 0.6) is 0 Å². The van der Waals surface area contributed by atoms with Crippen molar-refractivity contribution >= 4 is 17.2 Å². The average molecular weight is 275 g/mol. The first-order valence-electron chi connectivity index (χ1n) is 6.55. The number of imidazole rings is 1. The van der Waals surface area contributed by atoms with Gasteiger partial charge in [-0.15, -0.1) is 10.2 Å². The smallest absolute Gasteiger partial charge is 0.182 e. The molecule has 21 heavy (non-hydrogen) atoms. The summed E-state index contributed by atoms with van der Waals surface area (Å²) >= 11 is 0. The third-order valence-corrected chi connectivity index (χ3v) is 3.20. The number of rotatable bonds is 2. The molecule has 0 fully saturated rings. The first kappa shape index (κ1) is 13.0. The molecule has 1 aromatic carbocycles. The Balaban J connectivity index is 2.08. The summed E-state index contributed by atoms with van der Waals surface area (Å²) in [6.07, 6.45) is 1.93. The van der Waals surface area contributed by atoms with Crippen LogP contribution in [0.15, 0.2) is 52.8 Å². The molecule has 3 aromatic rings. The summed E-state index contributed by atoms with van der Waals surface area (Å²) in [6.45, 7) is 3.92. The standard InChI is InChI=1S/C16H13N5/c1-11-7-8-21-15(9-11)18-12(2)16(21)20-19-14-6-4-3-5-13(14)10-17/h3-9H,1-2H3. The Morgan fingerprint density at radius 2 is 1.95 bits per heavy atom. The molecule has 0 saturated carbocycles. The fourth-order valence-corrected chi connectivity index (χ4v) is 2.13. The maximum absolute atomic E-state index is 9.06. The van der Waals surface area contributed by atoms with E-state index in [1.807, 2.05) is 42.6 Å². The van der Waals surface area contributed by atoms with Crippen LogP contribution < -0.4 is 0 Å². The van der Waals surface area contributed by atoms with Crippen molar-refractivity contribution in [2.24, 2.45) is 10.2 Å². The lowest BCUT2D eigenvalue weighted by Gasteiger charge is -1.98. The molecule has 0 aliphatic rings. The van der Waals surface area contributed by atoms with Crippen molar-refractivity contribution in [2.75, 3.05) is 0 Å². The van der Waals surface area contributed by atoms with Crippen molar-refractivity contribution in [3.63, 3.8) is 0 Å². The first-order chi connectivity index (χ1) is 10.2. The van der Waals surface area contributed by atoms with E-state index in [4.69, 9.17) is 5.26 Å². The van der Waals surface area contributed by atoms with Crippen molar-refractivity contribution in [3.05, 3.63) is 59.4 Å². The number of hydrogen-bond acceptors (Lipinski definition) is 4. The van der Waals surface area contributed by atoms with Crippen molar-refractivity contribution in [3.8, 4) is 6.07 Å². The van der Waals surface area contributed by atoms with Crippen LogP contribution in [0.4, 0.5) is 11.5 Å². The third-order valence-electron chi connectivity index (χ3n) is 3.20. The molecule has 2 aromatic heterocycles. The van der Waals surface area contributed by atoms with E-state index in [0.717, 1.165) is 16.9 Å². The number of fused-ring (bicyclic) bond motifs is 1. The molecule has 0 radical (unpaired) electrons. The Labute approximate surface area is 122 Å². The van der Waals surface area contributed by atoms with Crippen molar-refractivity contribution in [1.82, 2.24) is 9.38 Å². The summed E-state index contributed by atoms with van der Waals surface area (Å²) in [4.78, 5) is 4.47. The van der Waals surface area contributed by atoms with E-state index in [1.165, 1.54) is 0 Å². The van der Waals surface area contributed by atoms with Gasteiger partial charge in [-0.1, -0.05) is 12.1 Å². The number of aromatic nitrogens is 2. The third kappa shape index (κ3) is 2.39. The zero-order valence-electron chi connectivity index (χ0n) is 11.8. The van der Waals surface area contributed by atoms with Crippen LogP contribution >= 0.6 is 0 Å². The molecule has 0 aliphatic carbocycles. The lowest BCUT2D eigenvalue weighted by atomic mass is 10.2. The van der Waals surface area contributed by atoms with E-state index in [1.54, 1.807) is 18.2 Å². The van der Waals surface area contributed by atoms with Gasteiger partial charge in [0.25, 0.3) is 0 Å². The Bertz CT molecular complexity index is 883. The summed E-state index contributed by atoms with van der Waals surface area (Å²) < 4.78 is 1.89. The van der Waals surface area contributed by atoms with Crippen LogP contribution in [0.3, 0.4) is 0 Å². The fourth-order valence-electron chi connectivity index (χ4n) is 2.13. The Hall–Kier alpha value is -3.00. The Kier molecular flexibility index (Phi) is 3.20. The molecule has 0 spiro atoms. The summed E-state index contributed by atoms with van der Waals surface area (Å²) in [5, 5.41) is 17.5.